The molecule has 0 aliphatic rings. The highest BCUT2D eigenvalue weighted by molar-refractivity contribution is 9.10. The molecule has 0 saturated heterocycles. The largest absolute Gasteiger partial charge is 0.331 e. The summed E-state index contributed by atoms with van der Waals surface area (Å²) in [6.45, 7) is 4.10. The first kappa shape index (κ1) is 13.5. The molecule has 0 aliphatic carbocycles. The zero-order chi connectivity index (χ0) is 14.3. The maximum atomic E-state index is 13.2. The van der Waals surface area contributed by atoms with E-state index in [1.807, 2.05) is 13.8 Å². The van der Waals surface area contributed by atoms with Crippen LogP contribution < -0.4 is 5.32 Å². The topological polar surface area (TPSA) is 24.9 Å². The smallest absolute Gasteiger partial charge is 0.188 e. The Morgan fingerprint density at radius 3 is 2.55 bits per heavy atom. The molecule has 3 rings (SSSR count). The van der Waals surface area contributed by atoms with Crippen molar-refractivity contribution in [2.45, 2.75) is 13.8 Å². The lowest BCUT2D eigenvalue weighted by atomic mass is 10.1. The maximum absolute atomic E-state index is 13.2. The van der Waals surface area contributed by atoms with Crippen molar-refractivity contribution in [3.05, 3.63) is 51.7 Å². The van der Waals surface area contributed by atoms with Crippen LogP contribution in [0.1, 0.15) is 11.1 Å². The Hall–Kier alpha value is -1.46. The molecule has 0 amide bonds. The van der Waals surface area contributed by atoms with Crippen LogP contribution >= 0.6 is 27.3 Å². The molecule has 102 valence electrons. The molecule has 0 bridgehead atoms. The molecule has 2 aromatic carbocycles. The van der Waals surface area contributed by atoms with Gasteiger partial charge in [-0.1, -0.05) is 27.3 Å². The highest BCUT2D eigenvalue weighted by Gasteiger charge is 2.09. The van der Waals surface area contributed by atoms with E-state index in [1.165, 1.54) is 23.5 Å². The van der Waals surface area contributed by atoms with Gasteiger partial charge < -0.3 is 5.32 Å². The van der Waals surface area contributed by atoms with Crippen molar-refractivity contribution in [3.63, 3.8) is 0 Å². The van der Waals surface area contributed by atoms with E-state index in [9.17, 15) is 4.39 Å². The number of halogens is 2. The van der Waals surface area contributed by atoms with Crippen LogP contribution in [0.25, 0.3) is 10.2 Å². The third-order valence-corrected chi connectivity index (χ3v) is 4.49. The number of hydrogen-bond acceptors (Lipinski definition) is 3. The predicted molar refractivity (Wildman–Crippen MR) is 86.5 cm³/mol. The summed E-state index contributed by atoms with van der Waals surface area (Å²) in [7, 11) is 0. The maximum Gasteiger partial charge on any atom is 0.188 e. The molecule has 3 aromatic rings. The van der Waals surface area contributed by atoms with Gasteiger partial charge >= 0.3 is 0 Å². The van der Waals surface area contributed by atoms with Crippen molar-refractivity contribution in [1.82, 2.24) is 4.98 Å². The Kier molecular flexibility index (Phi) is 3.48. The Bertz CT molecular complexity index is 775. The van der Waals surface area contributed by atoms with E-state index < -0.39 is 0 Å². The molecule has 0 unspecified atom stereocenters. The average Bonchev–Trinajstić information content (AvgIpc) is 2.75. The number of nitrogens with one attached hydrogen (secondary N) is 1. The Labute approximate surface area is 128 Å². The minimum atomic E-state index is -0.259. The number of fused-ring (bicyclic) bond motifs is 1. The van der Waals surface area contributed by atoms with Gasteiger partial charge in [0.15, 0.2) is 5.13 Å². The lowest BCUT2D eigenvalue weighted by Crippen LogP contribution is -1.95. The van der Waals surface area contributed by atoms with Gasteiger partial charge in [0, 0.05) is 16.2 Å². The Morgan fingerprint density at radius 2 is 1.85 bits per heavy atom. The number of aromatic nitrogens is 1. The van der Waals surface area contributed by atoms with E-state index in [-0.39, 0.29) is 5.82 Å². The van der Waals surface area contributed by atoms with E-state index in [2.05, 4.69) is 38.4 Å². The second-order valence-electron chi connectivity index (χ2n) is 4.67. The van der Waals surface area contributed by atoms with Crippen molar-refractivity contribution in [2.24, 2.45) is 0 Å². The first-order valence-corrected chi connectivity index (χ1v) is 7.74. The molecule has 1 N–H and O–H groups in total. The van der Waals surface area contributed by atoms with E-state index in [1.54, 1.807) is 6.07 Å². The van der Waals surface area contributed by atoms with Crippen LogP contribution in [0.2, 0.25) is 0 Å². The quantitative estimate of drug-likeness (QED) is 0.654. The van der Waals surface area contributed by atoms with Crippen molar-refractivity contribution in [2.75, 3.05) is 5.32 Å². The molecule has 0 fully saturated rings. The summed E-state index contributed by atoms with van der Waals surface area (Å²) in [5.74, 6) is -0.259. The molecule has 1 aromatic heterocycles. The van der Waals surface area contributed by atoms with Gasteiger partial charge in [0.25, 0.3) is 0 Å². The minimum absolute atomic E-state index is 0.259. The van der Waals surface area contributed by atoms with Crippen LogP contribution in [0.15, 0.2) is 34.8 Å². The van der Waals surface area contributed by atoms with Crippen molar-refractivity contribution in [3.8, 4) is 0 Å². The lowest BCUT2D eigenvalue weighted by Gasteiger charge is -2.11. The molecule has 5 heteroatoms. The molecular weight excluding hydrogens is 339 g/mol. The van der Waals surface area contributed by atoms with Gasteiger partial charge in [-0.3, -0.25) is 0 Å². The van der Waals surface area contributed by atoms with E-state index in [0.29, 0.717) is 5.52 Å². The molecule has 0 atom stereocenters. The molecular formula is C15H12BrFN2S. The first-order chi connectivity index (χ1) is 9.52. The van der Waals surface area contributed by atoms with Crippen molar-refractivity contribution < 1.29 is 4.39 Å². The third kappa shape index (κ3) is 2.55. The second-order valence-corrected chi connectivity index (χ2v) is 6.62. The van der Waals surface area contributed by atoms with Crippen LogP contribution in [0.5, 0.6) is 0 Å². The molecule has 0 radical (unpaired) electrons. The number of anilines is 2. The van der Waals surface area contributed by atoms with E-state index >= 15 is 0 Å². The molecule has 1 heterocycles. The monoisotopic (exact) mass is 350 g/mol. The van der Waals surface area contributed by atoms with Crippen LogP contribution in [-0.2, 0) is 0 Å². The standard InChI is InChI=1S/C15H12BrFN2S/c1-8-5-10(16)6-9(2)14(8)19-15-18-12-7-11(17)3-4-13(12)20-15/h3-7H,1-2H3,(H,18,19). The normalized spacial score (nSPS) is 11.0. The summed E-state index contributed by atoms with van der Waals surface area (Å²) in [5.41, 5.74) is 4.02. The van der Waals surface area contributed by atoms with Crippen LogP contribution in [0.4, 0.5) is 15.2 Å². The van der Waals surface area contributed by atoms with Gasteiger partial charge in [-0.05, 0) is 49.2 Å². The second kappa shape index (κ2) is 5.14. The van der Waals surface area contributed by atoms with Gasteiger partial charge in [0.2, 0.25) is 0 Å². The summed E-state index contributed by atoms with van der Waals surface area (Å²) in [6.07, 6.45) is 0. The van der Waals surface area contributed by atoms with Crippen LogP contribution in [0, 0.1) is 19.7 Å². The fourth-order valence-electron chi connectivity index (χ4n) is 2.17. The molecule has 0 spiro atoms. The summed E-state index contributed by atoms with van der Waals surface area (Å²) in [4.78, 5) is 4.43. The predicted octanol–water partition coefficient (Wildman–Crippen LogP) is 5.56. The molecule has 0 saturated carbocycles. The number of thiazole rings is 1. The zero-order valence-electron chi connectivity index (χ0n) is 11.0. The number of rotatable bonds is 2. The van der Waals surface area contributed by atoms with Gasteiger partial charge in [-0.25, -0.2) is 9.37 Å². The van der Waals surface area contributed by atoms with E-state index in [4.69, 9.17) is 0 Å². The van der Waals surface area contributed by atoms with Crippen LogP contribution in [0.3, 0.4) is 0 Å². The fraction of sp³-hybridized carbons (Fsp3) is 0.133. The van der Waals surface area contributed by atoms with Gasteiger partial charge in [-0.15, -0.1) is 0 Å². The Morgan fingerprint density at radius 1 is 1.15 bits per heavy atom. The Balaban J connectivity index is 2.01. The summed E-state index contributed by atoms with van der Waals surface area (Å²) in [5, 5.41) is 4.12. The highest BCUT2D eigenvalue weighted by atomic mass is 79.9. The van der Waals surface area contributed by atoms with Gasteiger partial charge in [0.1, 0.15) is 5.82 Å². The third-order valence-electron chi connectivity index (χ3n) is 3.08. The first-order valence-electron chi connectivity index (χ1n) is 6.13. The van der Waals surface area contributed by atoms with Crippen molar-refractivity contribution in [1.29, 1.82) is 0 Å². The summed E-state index contributed by atoms with van der Waals surface area (Å²) < 4.78 is 15.2. The summed E-state index contributed by atoms with van der Waals surface area (Å²) in [6, 6.07) is 8.79. The number of benzene rings is 2. The van der Waals surface area contributed by atoms with Crippen LogP contribution in [-0.4, -0.2) is 4.98 Å². The average molecular weight is 351 g/mol. The van der Waals surface area contributed by atoms with Crippen molar-refractivity contribution >= 4 is 48.3 Å². The highest BCUT2D eigenvalue weighted by Crippen LogP contribution is 2.32. The molecule has 0 aliphatic heterocycles. The minimum Gasteiger partial charge on any atom is -0.331 e. The number of aryl methyl sites for hydroxylation is 2. The SMILES string of the molecule is Cc1cc(Br)cc(C)c1Nc1nc2cc(F)ccc2s1. The number of hydrogen-bond donors (Lipinski definition) is 1. The zero-order valence-corrected chi connectivity index (χ0v) is 13.4. The van der Waals surface area contributed by atoms with Gasteiger partial charge in [0.05, 0.1) is 10.2 Å². The molecule has 2 nitrogen and oxygen atoms in total. The summed E-state index contributed by atoms with van der Waals surface area (Å²) >= 11 is 5.01. The lowest BCUT2D eigenvalue weighted by molar-refractivity contribution is 0.629. The van der Waals surface area contributed by atoms with E-state index in [0.717, 1.165) is 31.1 Å². The fourth-order valence-corrected chi connectivity index (χ4v) is 3.71. The number of nitrogens with zero attached hydrogens (tertiary/aromatic N) is 1. The van der Waals surface area contributed by atoms with Gasteiger partial charge in [-0.2, -0.15) is 0 Å². The molecule has 20 heavy (non-hydrogen) atoms.